The van der Waals surface area contributed by atoms with Crippen molar-refractivity contribution in [3.05, 3.63) is 77.9 Å². The number of para-hydroxylation sites is 2. The first-order valence-corrected chi connectivity index (χ1v) is 9.02. The molecule has 0 heterocycles. The van der Waals surface area contributed by atoms with Crippen LogP contribution in [0, 0.1) is 0 Å². The zero-order valence-electron chi connectivity index (χ0n) is 16.6. The van der Waals surface area contributed by atoms with Crippen LogP contribution in [0.1, 0.15) is 15.9 Å². The predicted molar refractivity (Wildman–Crippen MR) is 111 cm³/mol. The molecule has 0 unspecified atom stereocenters. The largest absolute Gasteiger partial charge is 0.497 e. The highest BCUT2D eigenvalue weighted by atomic mass is 16.5. The molecule has 0 radical (unpaired) electrons. The van der Waals surface area contributed by atoms with E-state index in [9.17, 15) is 4.79 Å². The lowest BCUT2D eigenvalue weighted by Crippen LogP contribution is -2.13. The van der Waals surface area contributed by atoms with Crippen LogP contribution in [-0.4, -0.2) is 27.2 Å². The molecule has 0 atom stereocenters. The van der Waals surface area contributed by atoms with Crippen LogP contribution in [0.25, 0.3) is 0 Å². The van der Waals surface area contributed by atoms with E-state index in [1.807, 2.05) is 36.4 Å². The first-order chi connectivity index (χ1) is 14.1. The van der Waals surface area contributed by atoms with Gasteiger partial charge in [-0.25, -0.2) is 0 Å². The van der Waals surface area contributed by atoms with Crippen LogP contribution in [0.3, 0.4) is 0 Å². The van der Waals surface area contributed by atoms with Crippen molar-refractivity contribution >= 4 is 11.6 Å². The van der Waals surface area contributed by atoms with E-state index in [0.29, 0.717) is 34.2 Å². The standard InChI is InChI=1S/C23H23NO5/c1-26-19-8-6-7-18(14-19)24-23(25)16-11-12-20(27-2)17(13-16)15-29-22-10-5-4-9-21(22)28-3/h4-14H,15H2,1-3H3,(H,24,25). The summed E-state index contributed by atoms with van der Waals surface area (Å²) >= 11 is 0. The van der Waals surface area contributed by atoms with Gasteiger partial charge in [0.1, 0.15) is 18.1 Å². The van der Waals surface area contributed by atoms with Gasteiger partial charge in [0, 0.05) is 22.9 Å². The molecule has 29 heavy (non-hydrogen) atoms. The number of benzene rings is 3. The minimum absolute atomic E-state index is 0.226. The van der Waals surface area contributed by atoms with Crippen LogP contribution < -0.4 is 24.3 Å². The summed E-state index contributed by atoms with van der Waals surface area (Å²) in [5, 5.41) is 2.87. The molecule has 150 valence electrons. The Labute approximate surface area is 170 Å². The Morgan fingerprint density at radius 2 is 1.55 bits per heavy atom. The van der Waals surface area contributed by atoms with E-state index in [1.165, 1.54) is 0 Å². The van der Waals surface area contributed by atoms with Gasteiger partial charge < -0.3 is 24.3 Å². The second kappa shape index (κ2) is 9.50. The van der Waals surface area contributed by atoms with Crippen molar-refractivity contribution in [1.82, 2.24) is 0 Å². The Morgan fingerprint density at radius 1 is 0.793 bits per heavy atom. The molecule has 1 N–H and O–H groups in total. The van der Waals surface area contributed by atoms with Crippen LogP contribution in [0.15, 0.2) is 66.7 Å². The summed E-state index contributed by atoms with van der Waals surface area (Å²) in [5.41, 5.74) is 1.89. The van der Waals surface area contributed by atoms with E-state index >= 15 is 0 Å². The normalized spacial score (nSPS) is 10.2. The topological polar surface area (TPSA) is 66.0 Å². The van der Waals surface area contributed by atoms with Gasteiger partial charge in [0.2, 0.25) is 0 Å². The van der Waals surface area contributed by atoms with Gasteiger partial charge in [-0.05, 0) is 42.5 Å². The molecule has 0 saturated carbocycles. The molecule has 0 aliphatic rings. The summed E-state index contributed by atoms with van der Waals surface area (Å²) in [5.74, 6) is 2.32. The number of methoxy groups -OCH3 is 3. The van der Waals surface area contributed by atoms with Crippen LogP contribution >= 0.6 is 0 Å². The van der Waals surface area contributed by atoms with Gasteiger partial charge in [-0.3, -0.25) is 4.79 Å². The number of nitrogens with one attached hydrogen (secondary N) is 1. The SMILES string of the molecule is COc1cccc(NC(=O)c2ccc(OC)c(COc3ccccc3OC)c2)c1. The minimum atomic E-state index is -0.237. The molecule has 0 aliphatic carbocycles. The Hall–Kier alpha value is -3.67. The van der Waals surface area contributed by atoms with Crippen molar-refractivity contribution in [3.63, 3.8) is 0 Å². The highest BCUT2D eigenvalue weighted by molar-refractivity contribution is 6.04. The molecule has 3 aromatic rings. The third kappa shape index (κ3) is 4.99. The summed E-state index contributed by atoms with van der Waals surface area (Å²) < 4.78 is 21.8. The summed E-state index contributed by atoms with van der Waals surface area (Å²) in [4.78, 5) is 12.7. The Balaban J connectivity index is 1.78. The van der Waals surface area contributed by atoms with Gasteiger partial charge >= 0.3 is 0 Å². The van der Waals surface area contributed by atoms with Gasteiger partial charge in [-0.2, -0.15) is 0 Å². The molecular weight excluding hydrogens is 370 g/mol. The lowest BCUT2D eigenvalue weighted by molar-refractivity contribution is 0.102. The second-order valence-electron chi connectivity index (χ2n) is 6.15. The van der Waals surface area contributed by atoms with Gasteiger partial charge in [0.15, 0.2) is 11.5 Å². The molecular formula is C23H23NO5. The molecule has 3 rings (SSSR count). The summed E-state index contributed by atoms with van der Waals surface area (Å²) in [7, 11) is 4.75. The number of hydrogen-bond donors (Lipinski definition) is 1. The van der Waals surface area contributed by atoms with Crippen molar-refractivity contribution in [1.29, 1.82) is 0 Å². The van der Waals surface area contributed by atoms with Crippen LogP contribution in [0.4, 0.5) is 5.69 Å². The van der Waals surface area contributed by atoms with E-state index < -0.39 is 0 Å². The van der Waals surface area contributed by atoms with Crippen LogP contribution in [0.2, 0.25) is 0 Å². The van der Waals surface area contributed by atoms with Crippen molar-refractivity contribution in [2.45, 2.75) is 6.61 Å². The average Bonchev–Trinajstić information content (AvgIpc) is 2.77. The minimum Gasteiger partial charge on any atom is -0.497 e. The second-order valence-corrected chi connectivity index (χ2v) is 6.15. The fourth-order valence-electron chi connectivity index (χ4n) is 2.83. The number of rotatable bonds is 8. The molecule has 6 nitrogen and oxygen atoms in total. The predicted octanol–water partition coefficient (Wildman–Crippen LogP) is 4.54. The van der Waals surface area contributed by atoms with Crippen molar-refractivity contribution in [3.8, 4) is 23.0 Å². The molecule has 0 fully saturated rings. The van der Waals surface area contributed by atoms with E-state index in [0.717, 1.165) is 5.56 Å². The Kier molecular flexibility index (Phi) is 6.58. The Bertz CT molecular complexity index is 987. The molecule has 6 heteroatoms. The fraction of sp³-hybridized carbons (Fsp3) is 0.174. The third-order valence-electron chi connectivity index (χ3n) is 4.32. The summed E-state index contributed by atoms with van der Waals surface area (Å²) in [6.07, 6.45) is 0. The monoisotopic (exact) mass is 393 g/mol. The van der Waals surface area contributed by atoms with Crippen LogP contribution in [0.5, 0.6) is 23.0 Å². The molecule has 0 spiro atoms. The summed E-state index contributed by atoms with van der Waals surface area (Å²) in [6.45, 7) is 0.226. The summed E-state index contributed by atoms with van der Waals surface area (Å²) in [6, 6.07) is 19.8. The number of anilines is 1. The molecule has 0 aliphatic heterocycles. The first kappa shape index (κ1) is 20.1. The van der Waals surface area contributed by atoms with Gasteiger partial charge in [0.25, 0.3) is 5.91 Å². The molecule has 0 saturated heterocycles. The highest BCUT2D eigenvalue weighted by Crippen LogP contribution is 2.29. The molecule has 0 bridgehead atoms. The smallest absolute Gasteiger partial charge is 0.255 e. The zero-order valence-corrected chi connectivity index (χ0v) is 16.6. The number of ether oxygens (including phenoxy) is 4. The van der Waals surface area contributed by atoms with E-state index in [4.69, 9.17) is 18.9 Å². The molecule has 3 aromatic carbocycles. The Morgan fingerprint density at radius 3 is 2.28 bits per heavy atom. The van der Waals surface area contributed by atoms with E-state index in [2.05, 4.69) is 5.32 Å². The fourth-order valence-corrected chi connectivity index (χ4v) is 2.83. The third-order valence-corrected chi connectivity index (χ3v) is 4.32. The number of carbonyl (C=O) groups excluding carboxylic acids is 1. The van der Waals surface area contributed by atoms with Gasteiger partial charge in [0.05, 0.1) is 21.3 Å². The average molecular weight is 393 g/mol. The number of carbonyl (C=O) groups is 1. The molecule has 0 aromatic heterocycles. The van der Waals surface area contributed by atoms with Gasteiger partial charge in [-0.15, -0.1) is 0 Å². The van der Waals surface area contributed by atoms with Gasteiger partial charge in [-0.1, -0.05) is 18.2 Å². The maximum absolute atomic E-state index is 12.7. The maximum atomic E-state index is 12.7. The maximum Gasteiger partial charge on any atom is 0.255 e. The highest BCUT2D eigenvalue weighted by Gasteiger charge is 2.13. The lowest BCUT2D eigenvalue weighted by atomic mass is 10.1. The van der Waals surface area contributed by atoms with Crippen molar-refractivity contribution < 1.29 is 23.7 Å². The van der Waals surface area contributed by atoms with Crippen molar-refractivity contribution in [2.24, 2.45) is 0 Å². The first-order valence-electron chi connectivity index (χ1n) is 9.02. The van der Waals surface area contributed by atoms with Crippen LogP contribution in [-0.2, 0) is 6.61 Å². The lowest BCUT2D eigenvalue weighted by Gasteiger charge is -2.14. The quantitative estimate of drug-likeness (QED) is 0.608. The number of amides is 1. The van der Waals surface area contributed by atoms with E-state index in [-0.39, 0.29) is 12.5 Å². The molecule has 1 amide bonds. The van der Waals surface area contributed by atoms with Crippen molar-refractivity contribution in [2.75, 3.05) is 26.6 Å². The number of hydrogen-bond acceptors (Lipinski definition) is 5. The van der Waals surface area contributed by atoms with E-state index in [1.54, 1.807) is 51.7 Å². The zero-order chi connectivity index (χ0) is 20.6.